The highest BCUT2D eigenvalue weighted by Crippen LogP contribution is 2.28. The molecular formula is C6H3BrF3N. The van der Waals surface area contributed by atoms with Crippen LogP contribution in [-0.4, -0.2) is 4.98 Å². The molecule has 1 rings (SSSR count). The maximum atomic E-state index is 11.9. The zero-order valence-corrected chi connectivity index (χ0v) is 6.78. The van der Waals surface area contributed by atoms with E-state index in [0.29, 0.717) is 4.47 Å². The number of alkyl halides is 3. The van der Waals surface area contributed by atoms with Crippen molar-refractivity contribution in [2.75, 3.05) is 0 Å². The van der Waals surface area contributed by atoms with Crippen LogP contribution in [0, 0.1) is 0 Å². The molecule has 0 bridgehead atoms. The Kier molecular flexibility index (Phi) is 2.17. The molecule has 0 aliphatic heterocycles. The summed E-state index contributed by atoms with van der Waals surface area (Å²) < 4.78 is 36.0. The first kappa shape index (κ1) is 8.52. The second-order valence-electron chi connectivity index (χ2n) is 1.86. The van der Waals surface area contributed by atoms with Crippen LogP contribution < -0.4 is 0 Å². The Labute approximate surface area is 69.4 Å². The van der Waals surface area contributed by atoms with E-state index in [2.05, 4.69) is 20.9 Å². The first-order valence-electron chi connectivity index (χ1n) is 2.69. The number of pyridine rings is 1. The molecule has 0 fully saturated rings. The lowest BCUT2D eigenvalue weighted by molar-refractivity contribution is -0.141. The molecule has 5 heteroatoms. The van der Waals surface area contributed by atoms with Crippen molar-refractivity contribution in [3.8, 4) is 0 Å². The van der Waals surface area contributed by atoms with Crippen molar-refractivity contribution in [3.05, 3.63) is 28.5 Å². The zero-order valence-electron chi connectivity index (χ0n) is 5.19. The second kappa shape index (κ2) is 2.81. The second-order valence-corrected chi connectivity index (χ2v) is 2.77. The molecule has 0 amide bonds. The standard InChI is InChI=1S/C6H3BrF3N/c7-4-1-2-11-5(3-4)6(8,9)10/h1-3H. The summed E-state index contributed by atoms with van der Waals surface area (Å²) >= 11 is 2.91. The molecule has 11 heavy (non-hydrogen) atoms. The van der Waals surface area contributed by atoms with Gasteiger partial charge < -0.3 is 0 Å². The third-order valence-electron chi connectivity index (χ3n) is 1.01. The first-order chi connectivity index (χ1) is 5.00. The minimum atomic E-state index is -4.36. The van der Waals surface area contributed by atoms with Crippen molar-refractivity contribution in [2.45, 2.75) is 6.18 Å². The normalized spacial score (nSPS) is 11.6. The highest BCUT2D eigenvalue weighted by Gasteiger charge is 2.32. The van der Waals surface area contributed by atoms with Crippen LogP contribution in [0.4, 0.5) is 13.2 Å². The Hall–Kier alpha value is -0.580. The van der Waals surface area contributed by atoms with Crippen molar-refractivity contribution in [3.63, 3.8) is 0 Å². The molecule has 1 aromatic rings. The van der Waals surface area contributed by atoms with Crippen LogP contribution >= 0.6 is 15.9 Å². The smallest absolute Gasteiger partial charge is 0.252 e. The summed E-state index contributed by atoms with van der Waals surface area (Å²) in [5.74, 6) is 0. The van der Waals surface area contributed by atoms with E-state index in [1.807, 2.05) is 0 Å². The highest BCUT2D eigenvalue weighted by atomic mass is 79.9. The molecule has 0 aliphatic rings. The molecular weight excluding hydrogens is 223 g/mol. The van der Waals surface area contributed by atoms with Gasteiger partial charge in [-0.2, -0.15) is 13.2 Å². The molecule has 1 aromatic heterocycles. The van der Waals surface area contributed by atoms with Gasteiger partial charge in [0.05, 0.1) is 0 Å². The van der Waals surface area contributed by atoms with Gasteiger partial charge in [-0.15, -0.1) is 0 Å². The van der Waals surface area contributed by atoms with Gasteiger partial charge in [-0.05, 0) is 12.1 Å². The van der Waals surface area contributed by atoms with Gasteiger partial charge in [-0.25, -0.2) is 0 Å². The molecule has 0 saturated heterocycles. The number of hydrogen-bond acceptors (Lipinski definition) is 1. The van der Waals surface area contributed by atoms with Crippen LogP contribution in [0.1, 0.15) is 5.69 Å². The lowest BCUT2D eigenvalue weighted by Crippen LogP contribution is -2.06. The monoisotopic (exact) mass is 225 g/mol. The number of rotatable bonds is 0. The van der Waals surface area contributed by atoms with E-state index in [-0.39, 0.29) is 0 Å². The van der Waals surface area contributed by atoms with Crippen molar-refractivity contribution in [1.82, 2.24) is 4.98 Å². The minimum absolute atomic E-state index is 0.375. The Morgan fingerprint density at radius 3 is 2.36 bits per heavy atom. The fourth-order valence-corrected chi connectivity index (χ4v) is 0.895. The van der Waals surface area contributed by atoms with Crippen molar-refractivity contribution >= 4 is 15.9 Å². The quantitative estimate of drug-likeness (QED) is 0.662. The van der Waals surface area contributed by atoms with E-state index in [0.717, 1.165) is 12.3 Å². The Balaban J connectivity index is 3.06. The number of aromatic nitrogens is 1. The lowest BCUT2D eigenvalue weighted by Gasteiger charge is -2.03. The van der Waals surface area contributed by atoms with E-state index < -0.39 is 11.9 Å². The number of halogens is 4. The summed E-state index contributed by atoms with van der Waals surface area (Å²) in [6, 6.07) is 2.37. The van der Waals surface area contributed by atoms with E-state index in [9.17, 15) is 13.2 Å². The van der Waals surface area contributed by atoms with Crippen molar-refractivity contribution in [2.24, 2.45) is 0 Å². The topological polar surface area (TPSA) is 12.9 Å². The predicted molar refractivity (Wildman–Crippen MR) is 36.9 cm³/mol. The third-order valence-corrected chi connectivity index (χ3v) is 1.51. The van der Waals surface area contributed by atoms with Crippen molar-refractivity contribution in [1.29, 1.82) is 0 Å². The van der Waals surface area contributed by atoms with Gasteiger partial charge in [0.1, 0.15) is 5.69 Å². The Morgan fingerprint density at radius 2 is 2.00 bits per heavy atom. The molecule has 60 valence electrons. The summed E-state index contributed by atoms with van der Waals surface area (Å²) in [5.41, 5.74) is -0.883. The molecule has 0 N–H and O–H groups in total. The van der Waals surface area contributed by atoms with Crippen LogP contribution in [0.15, 0.2) is 22.8 Å². The van der Waals surface area contributed by atoms with E-state index in [1.165, 1.54) is 6.07 Å². The summed E-state index contributed by atoms with van der Waals surface area (Å²) in [6.45, 7) is 0. The molecule has 1 nitrogen and oxygen atoms in total. The van der Waals surface area contributed by atoms with Gasteiger partial charge in [-0.3, -0.25) is 4.98 Å². The van der Waals surface area contributed by atoms with Gasteiger partial charge in [0.2, 0.25) is 0 Å². The maximum absolute atomic E-state index is 11.9. The predicted octanol–water partition coefficient (Wildman–Crippen LogP) is 2.86. The summed E-state index contributed by atoms with van der Waals surface area (Å²) in [4.78, 5) is 3.16. The van der Waals surface area contributed by atoms with E-state index in [4.69, 9.17) is 0 Å². The fraction of sp³-hybridized carbons (Fsp3) is 0.167. The molecule has 0 unspecified atom stereocenters. The van der Waals surface area contributed by atoms with Gasteiger partial charge in [0, 0.05) is 10.7 Å². The average molecular weight is 226 g/mol. The molecule has 0 aromatic carbocycles. The molecule has 0 aliphatic carbocycles. The molecule has 0 spiro atoms. The van der Waals surface area contributed by atoms with Gasteiger partial charge in [0.25, 0.3) is 0 Å². The summed E-state index contributed by atoms with van der Waals surface area (Å²) in [7, 11) is 0. The molecule has 1 heterocycles. The SMILES string of the molecule is FC(F)(F)c1cc(Br)ccn1. The molecule has 0 saturated carbocycles. The Bertz CT molecular complexity index is 258. The molecule has 0 atom stereocenters. The minimum Gasteiger partial charge on any atom is -0.252 e. The third kappa shape index (κ3) is 2.18. The van der Waals surface area contributed by atoms with Crippen LogP contribution in [0.5, 0.6) is 0 Å². The van der Waals surface area contributed by atoms with Crippen LogP contribution in [-0.2, 0) is 6.18 Å². The number of hydrogen-bond donors (Lipinski definition) is 0. The average Bonchev–Trinajstić information content (AvgIpc) is 1.86. The van der Waals surface area contributed by atoms with Crippen LogP contribution in [0.2, 0.25) is 0 Å². The Morgan fingerprint density at radius 1 is 1.36 bits per heavy atom. The van der Waals surface area contributed by atoms with E-state index in [1.54, 1.807) is 0 Å². The first-order valence-corrected chi connectivity index (χ1v) is 3.48. The fourth-order valence-electron chi connectivity index (χ4n) is 0.560. The van der Waals surface area contributed by atoms with Crippen LogP contribution in [0.25, 0.3) is 0 Å². The summed E-state index contributed by atoms with van der Waals surface area (Å²) in [6.07, 6.45) is -3.25. The summed E-state index contributed by atoms with van der Waals surface area (Å²) in [5, 5.41) is 0. The molecule has 0 radical (unpaired) electrons. The van der Waals surface area contributed by atoms with Crippen molar-refractivity contribution < 1.29 is 13.2 Å². The number of nitrogens with zero attached hydrogens (tertiary/aromatic N) is 1. The van der Waals surface area contributed by atoms with Gasteiger partial charge in [0.15, 0.2) is 0 Å². The van der Waals surface area contributed by atoms with E-state index >= 15 is 0 Å². The highest BCUT2D eigenvalue weighted by molar-refractivity contribution is 9.10. The largest absolute Gasteiger partial charge is 0.433 e. The van der Waals surface area contributed by atoms with Gasteiger partial charge in [-0.1, -0.05) is 15.9 Å². The van der Waals surface area contributed by atoms with Crippen LogP contribution in [0.3, 0.4) is 0 Å². The maximum Gasteiger partial charge on any atom is 0.433 e. The lowest BCUT2D eigenvalue weighted by atomic mass is 10.3. The van der Waals surface area contributed by atoms with Gasteiger partial charge >= 0.3 is 6.18 Å². The zero-order chi connectivity index (χ0) is 8.48.